The number of hydrogen-bond acceptors (Lipinski definition) is 6. The first-order valence-electron chi connectivity index (χ1n) is 10.3. The van der Waals surface area contributed by atoms with Crippen LogP contribution in [0.3, 0.4) is 0 Å². The third kappa shape index (κ3) is 4.78. The molecule has 2 aliphatic heterocycles. The molecule has 2 aromatic rings. The molecule has 162 valence electrons. The molecule has 1 saturated heterocycles. The molecule has 1 fully saturated rings. The van der Waals surface area contributed by atoms with Crippen molar-refractivity contribution in [1.82, 2.24) is 9.21 Å². The molecule has 0 N–H and O–H groups in total. The molecule has 0 bridgehead atoms. The van der Waals surface area contributed by atoms with Crippen molar-refractivity contribution in [2.24, 2.45) is 0 Å². The summed E-state index contributed by atoms with van der Waals surface area (Å²) in [6, 6.07) is 13.0. The molecule has 0 aliphatic carbocycles. The zero-order valence-electron chi connectivity index (χ0n) is 17.2. The fourth-order valence-corrected chi connectivity index (χ4v) is 5.25. The Labute approximate surface area is 178 Å². The van der Waals surface area contributed by atoms with Crippen molar-refractivity contribution in [3.8, 4) is 11.5 Å². The molecule has 2 aliphatic rings. The number of hydrogen-bond donors (Lipinski definition) is 0. The molecular weight excluding hydrogens is 404 g/mol. The quantitative estimate of drug-likeness (QED) is 0.596. The van der Waals surface area contributed by atoms with E-state index in [0.717, 1.165) is 25.3 Å². The van der Waals surface area contributed by atoms with Crippen LogP contribution in [0.4, 0.5) is 0 Å². The molecular formula is C22H28N2O5S. The van der Waals surface area contributed by atoms with Crippen LogP contribution in [0.25, 0.3) is 0 Å². The maximum absolute atomic E-state index is 13.0. The molecule has 0 radical (unpaired) electrons. The summed E-state index contributed by atoms with van der Waals surface area (Å²) in [5.41, 5.74) is 2.52. The Morgan fingerprint density at radius 2 is 1.77 bits per heavy atom. The third-order valence-electron chi connectivity index (χ3n) is 5.51. The van der Waals surface area contributed by atoms with Crippen LogP contribution in [-0.2, 0) is 27.7 Å². The van der Waals surface area contributed by atoms with Gasteiger partial charge in [0.05, 0.1) is 18.1 Å². The van der Waals surface area contributed by atoms with E-state index in [1.165, 1.54) is 11.1 Å². The minimum atomic E-state index is -3.50. The van der Waals surface area contributed by atoms with Crippen LogP contribution in [0.5, 0.6) is 11.5 Å². The highest BCUT2D eigenvalue weighted by molar-refractivity contribution is 7.89. The second-order valence-electron chi connectivity index (χ2n) is 7.53. The van der Waals surface area contributed by atoms with Gasteiger partial charge in [-0.15, -0.1) is 0 Å². The molecule has 0 aromatic heterocycles. The summed E-state index contributed by atoms with van der Waals surface area (Å²) in [5, 5.41) is 0. The number of rotatable bonds is 8. The first-order valence-corrected chi connectivity index (χ1v) is 11.7. The van der Waals surface area contributed by atoms with Crippen LogP contribution < -0.4 is 9.47 Å². The van der Waals surface area contributed by atoms with Gasteiger partial charge in [0.1, 0.15) is 18.1 Å². The first-order chi connectivity index (χ1) is 14.6. The number of ether oxygens (including phenoxy) is 3. The van der Waals surface area contributed by atoms with Crippen molar-refractivity contribution in [1.29, 1.82) is 0 Å². The highest BCUT2D eigenvalue weighted by Crippen LogP contribution is 2.27. The largest absolute Gasteiger partial charge is 0.493 e. The normalized spacial score (nSPS) is 17.5. The fraction of sp³-hybridized carbons (Fsp3) is 0.455. The zero-order valence-corrected chi connectivity index (χ0v) is 18.1. The average molecular weight is 433 g/mol. The highest BCUT2D eigenvalue weighted by Gasteiger charge is 2.28. The molecule has 0 unspecified atom stereocenters. The average Bonchev–Trinajstić information content (AvgIpc) is 3.23. The molecule has 2 heterocycles. The van der Waals surface area contributed by atoms with Crippen molar-refractivity contribution in [3.63, 3.8) is 0 Å². The van der Waals surface area contributed by atoms with E-state index in [-0.39, 0.29) is 0 Å². The van der Waals surface area contributed by atoms with Gasteiger partial charge in [-0.25, -0.2) is 8.42 Å². The topological polar surface area (TPSA) is 68.3 Å². The van der Waals surface area contributed by atoms with Gasteiger partial charge < -0.3 is 14.2 Å². The van der Waals surface area contributed by atoms with E-state index in [1.54, 1.807) is 35.7 Å². The van der Waals surface area contributed by atoms with Crippen LogP contribution in [-0.4, -0.2) is 70.7 Å². The number of nitrogens with zero attached hydrogens (tertiary/aromatic N) is 2. The number of piperazine rings is 1. The molecule has 4 rings (SSSR count). The summed E-state index contributed by atoms with van der Waals surface area (Å²) in [7, 11) is -1.89. The molecule has 0 saturated carbocycles. The van der Waals surface area contributed by atoms with Crippen LogP contribution in [0.15, 0.2) is 47.4 Å². The Bertz CT molecular complexity index is 954. The summed E-state index contributed by atoms with van der Waals surface area (Å²) in [6.07, 6.45) is 0.964. The Hall–Kier alpha value is -2.13. The Balaban J connectivity index is 1.32. The summed E-state index contributed by atoms with van der Waals surface area (Å²) >= 11 is 0. The second-order valence-corrected chi connectivity index (χ2v) is 9.47. The summed E-state index contributed by atoms with van der Waals surface area (Å²) in [6.45, 7) is 4.91. The predicted octanol–water partition coefficient (Wildman–Crippen LogP) is 2.15. The lowest BCUT2D eigenvalue weighted by atomic mass is 10.1. The van der Waals surface area contributed by atoms with Crippen LogP contribution in [0, 0.1) is 0 Å². The van der Waals surface area contributed by atoms with Crippen LogP contribution >= 0.6 is 0 Å². The van der Waals surface area contributed by atoms with Crippen molar-refractivity contribution in [2.45, 2.75) is 17.9 Å². The summed E-state index contributed by atoms with van der Waals surface area (Å²) in [4.78, 5) is 2.60. The maximum atomic E-state index is 13.0. The van der Waals surface area contributed by atoms with Gasteiger partial charge in [0, 0.05) is 46.3 Å². The van der Waals surface area contributed by atoms with E-state index >= 15 is 0 Å². The first kappa shape index (κ1) is 21.1. The smallest absolute Gasteiger partial charge is 0.243 e. The maximum Gasteiger partial charge on any atom is 0.243 e. The van der Waals surface area contributed by atoms with Crippen LogP contribution in [0.1, 0.15) is 11.1 Å². The summed E-state index contributed by atoms with van der Waals surface area (Å²) < 4.78 is 43.6. The molecule has 8 heteroatoms. The monoisotopic (exact) mass is 432 g/mol. The number of methoxy groups -OCH3 is 1. The fourth-order valence-electron chi connectivity index (χ4n) is 3.82. The molecule has 30 heavy (non-hydrogen) atoms. The molecule has 0 atom stereocenters. The van der Waals surface area contributed by atoms with Crippen LogP contribution in [0.2, 0.25) is 0 Å². The predicted molar refractivity (Wildman–Crippen MR) is 113 cm³/mol. The molecule has 0 amide bonds. The minimum Gasteiger partial charge on any atom is -0.493 e. The highest BCUT2D eigenvalue weighted by atomic mass is 32.2. The van der Waals surface area contributed by atoms with Crippen molar-refractivity contribution in [3.05, 3.63) is 53.6 Å². The molecule has 2 aromatic carbocycles. The lowest BCUT2D eigenvalue weighted by molar-refractivity contribution is 0.146. The Kier molecular flexibility index (Phi) is 6.58. The van der Waals surface area contributed by atoms with Gasteiger partial charge >= 0.3 is 0 Å². The molecule has 7 nitrogen and oxygen atoms in total. The van der Waals surface area contributed by atoms with Gasteiger partial charge in [0.2, 0.25) is 10.0 Å². The van der Waals surface area contributed by atoms with Gasteiger partial charge in [0.15, 0.2) is 0 Å². The van der Waals surface area contributed by atoms with Crippen molar-refractivity contribution >= 4 is 10.0 Å². The van der Waals surface area contributed by atoms with E-state index in [2.05, 4.69) is 17.0 Å². The number of sulfonamides is 1. The van der Waals surface area contributed by atoms with Gasteiger partial charge in [-0.3, -0.25) is 4.90 Å². The number of benzene rings is 2. The van der Waals surface area contributed by atoms with E-state index in [9.17, 15) is 8.42 Å². The Morgan fingerprint density at radius 3 is 2.50 bits per heavy atom. The van der Waals surface area contributed by atoms with Gasteiger partial charge in [-0.2, -0.15) is 4.31 Å². The second kappa shape index (κ2) is 9.34. The van der Waals surface area contributed by atoms with Gasteiger partial charge in [-0.05, 0) is 41.5 Å². The Morgan fingerprint density at radius 1 is 1.00 bits per heavy atom. The lowest BCUT2D eigenvalue weighted by Gasteiger charge is -2.34. The lowest BCUT2D eigenvalue weighted by Crippen LogP contribution is -2.48. The summed E-state index contributed by atoms with van der Waals surface area (Å²) in [5.74, 6) is 1.63. The third-order valence-corrected chi connectivity index (χ3v) is 7.42. The SMILES string of the molecule is COCCOc1ccc(S(=O)(=O)N2CCN(Cc3ccc4c(c3)CCO4)CC2)cc1. The minimum absolute atomic E-state index is 0.300. The van der Waals surface area contributed by atoms with Crippen molar-refractivity contribution < 1.29 is 22.6 Å². The van der Waals surface area contributed by atoms with E-state index in [4.69, 9.17) is 14.2 Å². The molecule has 0 spiro atoms. The van der Waals surface area contributed by atoms with E-state index in [1.807, 2.05) is 6.07 Å². The number of fused-ring (bicyclic) bond motifs is 1. The van der Waals surface area contributed by atoms with Crippen molar-refractivity contribution in [2.75, 3.05) is 53.1 Å². The van der Waals surface area contributed by atoms with Gasteiger partial charge in [-0.1, -0.05) is 12.1 Å². The van der Waals surface area contributed by atoms with Gasteiger partial charge in [0.25, 0.3) is 0 Å². The standard InChI is InChI=1S/C22H28N2O5S/c1-27-14-15-28-20-3-5-21(6-4-20)30(25,26)24-11-9-23(10-12-24)17-18-2-7-22-19(16-18)8-13-29-22/h2-7,16H,8-15,17H2,1H3. The van der Waals surface area contributed by atoms with E-state index < -0.39 is 10.0 Å². The van der Waals surface area contributed by atoms with E-state index in [0.29, 0.717) is 50.0 Å². The zero-order chi connectivity index (χ0) is 21.0.